The number of hydrogen-bond donors (Lipinski definition) is 0. The summed E-state index contributed by atoms with van der Waals surface area (Å²) in [6.45, 7) is 6.87. The van der Waals surface area contributed by atoms with Gasteiger partial charge in [0.25, 0.3) is 0 Å². The lowest BCUT2D eigenvalue weighted by atomic mass is 9.89. The van der Waals surface area contributed by atoms with Crippen LogP contribution in [0.1, 0.15) is 70.4 Å². The molecule has 0 saturated carbocycles. The van der Waals surface area contributed by atoms with E-state index in [0.717, 1.165) is 0 Å². The van der Waals surface area contributed by atoms with Crippen molar-refractivity contribution in [2.45, 2.75) is 59.3 Å². The summed E-state index contributed by atoms with van der Waals surface area (Å²) in [5.74, 6) is 1.64. The van der Waals surface area contributed by atoms with Crippen molar-refractivity contribution in [3.63, 3.8) is 0 Å². The lowest BCUT2D eigenvalue weighted by Crippen LogP contribution is -2.00. The molecule has 0 unspecified atom stereocenters. The summed E-state index contributed by atoms with van der Waals surface area (Å²) in [4.78, 5) is 0. The lowest BCUT2D eigenvalue weighted by molar-refractivity contribution is 0.799. The van der Waals surface area contributed by atoms with Gasteiger partial charge in [-0.15, -0.1) is 0 Å². The summed E-state index contributed by atoms with van der Waals surface area (Å²) in [7, 11) is 0. The molecule has 1 aromatic rings. The van der Waals surface area contributed by atoms with Crippen molar-refractivity contribution in [3.8, 4) is 0 Å². The van der Waals surface area contributed by atoms with Gasteiger partial charge in [0, 0.05) is 5.92 Å². The normalized spacial score (nSPS) is 15.3. The molecule has 0 N–H and O–H groups in total. The first-order chi connectivity index (χ1) is 8.83. The van der Waals surface area contributed by atoms with Crippen LogP contribution in [0.15, 0.2) is 29.8 Å². The Morgan fingerprint density at radius 3 is 1.83 bits per heavy atom. The summed E-state index contributed by atoms with van der Waals surface area (Å²) >= 11 is 0. The Bertz CT molecular complexity index is 425. The van der Waals surface area contributed by atoms with E-state index in [9.17, 15) is 0 Å². The molecule has 1 aromatic carbocycles. The fraction of sp³-hybridized carbons (Fsp3) is 0.500. The molecule has 97 valence electrons. The van der Waals surface area contributed by atoms with Gasteiger partial charge in [-0.3, -0.25) is 0 Å². The molecule has 0 aliphatic heterocycles. The molecule has 0 nitrogen and oxygen atoms in total. The zero-order valence-corrected chi connectivity index (χ0v) is 12.1. The first-order valence-corrected chi connectivity index (χ1v) is 7.51. The molecule has 0 spiro atoms. The van der Waals surface area contributed by atoms with Crippen LogP contribution >= 0.6 is 0 Å². The molecule has 0 aromatic heterocycles. The zero-order chi connectivity index (χ0) is 13.0. The van der Waals surface area contributed by atoms with E-state index >= 15 is 0 Å². The highest BCUT2D eigenvalue weighted by atomic mass is 14.3. The second-order valence-electron chi connectivity index (χ2n) is 5.23. The van der Waals surface area contributed by atoms with Crippen molar-refractivity contribution in [1.29, 1.82) is 0 Å². The third-order valence-electron chi connectivity index (χ3n) is 3.81. The van der Waals surface area contributed by atoms with Crippen molar-refractivity contribution in [2.24, 2.45) is 0 Å². The lowest BCUT2D eigenvalue weighted by Gasteiger charge is -2.15. The predicted molar refractivity (Wildman–Crippen MR) is 80.4 cm³/mol. The number of rotatable bonds is 6. The summed E-state index contributed by atoms with van der Waals surface area (Å²) in [5.41, 5.74) is 6.35. The van der Waals surface area contributed by atoms with Gasteiger partial charge in [-0.2, -0.15) is 0 Å². The first kappa shape index (κ1) is 13.4. The number of fused-ring (bicyclic) bond motifs is 1. The number of hydrogen-bond acceptors (Lipinski definition) is 0. The van der Waals surface area contributed by atoms with E-state index < -0.39 is 0 Å². The molecule has 1 aliphatic carbocycles. The minimum atomic E-state index is 1.24. The molecular weight excluding hydrogens is 216 g/mol. The van der Waals surface area contributed by atoms with Crippen molar-refractivity contribution in [1.82, 2.24) is 0 Å². The van der Waals surface area contributed by atoms with Crippen molar-refractivity contribution >= 4 is 5.57 Å². The molecule has 0 amide bonds. The van der Waals surface area contributed by atoms with Gasteiger partial charge in [0.2, 0.25) is 0 Å². The monoisotopic (exact) mass is 241 g/mol. The maximum atomic E-state index is 2.32. The van der Waals surface area contributed by atoms with E-state index in [-0.39, 0.29) is 0 Å². The van der Waals surface area contributed by atoms with Gasteiger partial charge in [-0.1, -0.05) is 69.9 Å². The molecule has 0 atom stereocenters. The van der Waals surface area contributed by atoms with E-state index in [4.69, 9.17) is 0 Å². The van der Waals surface area contributed by atoms with Gasteiger partial charge in [0.15, 0.2) is 0 Å². The minimum Gasteiger partial charge on any atom is -0.0653 e. The van der Waals surface area contributed by atoms with Gasteiger partial charge in [0.1, 0.15) is 0 Å². The second-order valence-corrected chi connectivity index (χ2v) is 5.23. The van der Waals surface area contributed by atoms with E-state index in [0.29, 0.717) is 0 Å². The molecule has 18 heavy (non-hydrogen) atoms. The highest BCUT2D eigenvalue weighted by molar-refractivity contribution is 5.83. The second kappa shape index (κ2) is 6.22. The summed E-state index contributed by atoms with van der Waals surface area (Å²) in [5, 5.41) is 0. The number of allylic oxidation sites excluding steroid dienone is 2. The van der Waals surface area contributed by atoms with Crippen LogP contribution in [0.2, 0.25) is 0 Å². The summed E-state index contributed by atoms with van der Waals surface area (Å²) in [6.07, 6.45) is 7.47. The Labute approximate surface area is 112 Å². The average Bonchev–Trinajstić information content (AvgIpc) is 2.67. The maximum Gasteiger partial charge on any atom is 0.0308 e. The maximum absolute atomic E-state index is 2.32. The van der Waals surface area contributed by atoms with Crippen LogP contribution in [0.4, 0.5) is 0 Å². The van der Waals surface area contributed by atoms with Gasteiger partial charge < -0.3 is 0 Å². The average molecular weight is 241 g/mol. The topological polar surface area (TPSA) is 0 Å². The smallest absolute Gasteiger partial charge is 0.0308 e. The van der Waals surface area contributed by atoms with Crippen LogP contribution in [0.3, 0.4) is 0 Å². The van der Waals surface area contributed by atoms with Crippen LogP contribution in [0.5, 0.6) is 0 Å². The largest absolute Gasteiger partial charge is 0.0653 e. The fourth-order valence-electron chi connectivity index (χ4n) is 3.14. The van der Waals surface area contributed by atoms with Crippen LogP contribution in [0.25, 0.3) is 5.57 Å². The van der Waals surface area contributed by atoms with E-state index in [1.807, 2.05) is 0 Å². The Morgan fingerprint density at radius 1 is 0.667 bits per heavy atom. The zero-order valence-electron chi connectivity index (χ0n) is 12.1. The molecule has 1 aliphatic rings. The van der Waals surface area contributed by atoms with Crippen molar-refractivity contribution < 1.29 is 0 Å². The SMILES string of the molecule is CCC[C]1C(CCC)=C(CCC)c2ccccc21. The fourth-order valence-corrected chi connectivity index (χ4v) is 3.14. The Kier molecular flexibility index (Phi) is 4.63. The Hall–Kier alpha value is -1.04. The molecule has 0 heteroatoms. The predicted octanol–water partition coefficient (Wildman–Crippen LogP) is 5.78. The summed E-state index contributed by atoms with van der Waals surface area (Å²) < 4.78 is 0. The van der Waals surface area contributed by atoms with Gasteiger partial charge >= 0.3 is 0 Å². The van der Waals surface area contributed by atoms with E-state index in [1.54, 1.807) is 17.1 Å². The van der Waals surface area contributed by atoms with Gasteiger partial charge in [-0.05, 0) is 36.0 Å². The Morgan fingerprint density at radius 2 is 1.22 bits per heavy atom. The number of benzene rings is 1. The minimum absolute atomic E-state index is 1.24. The van der Waals surface area contributed by atoms with Crippen LogP contribution in [-0.4, -0.2) is 0 Å². The third kappa shape index (κ3) is 2.39. The van der Waals surface area contributed by atoms with Crippen LogP contribution in [0, 0.1) is 5.92 Å². The van der Waals surface area contributed by atoms with Crippen LogP contribution < -0.4 is 0 Å². The van der Waals surface area contributed by atoms with Gasteiger partial charge in [-0.25, -0.2) is 0 Å². The van der Waals surface area contributed by atoms with E-state index in [2.05, 4.69) is 45.0 Å². The molecule has 0 saturated heterocycles. The van der Waals surface area contributed by atoms with Crippen molar-refractivity contribution in [2.75, 3.05) is 0 Å². The quantitative estimate of drug-likeness (QED) is 0.592. The Balaban J connectivity index is 2.44. The highest BCUT2D eigenvalue weighted by Crippen LogP contribution is 2.46. The van der Waals surface area contributed by atoms with Crippen LogP contribution in [-0.2, 0) is 0 Å². The van der Waals surface area contributed by atoms with Crippen molar-refractivity contribution in [3.05, 3.63) is 46.9 Å². The summed E-state index contributed by atoms with van der Waals surface area (Å²) in [6, 6.07) is 9.01. The highest BCUT2D eigenvalue weighted by Gasteiger charge is 2.29. The first-order valence-electron chi connectivity index (χ1n) is 7.51. The third-order valence-corrected chi connectivity index (χ3v) is 3.81. The van der Waals surface area contributed by atoms with Gasteiger partial charge in [0.05, 0.1) is 0 Å². The standard InChI is InChI=1S/C18H25/c1-4-9-14-15(10-5-2)17-12-7-8-13-18(17)16(14)11-6-3/h7-8,12-13H,4-6,9-11H2,1-3H3. The van der Waals surface area contributed by atoms with E-state index in [1.165, 1.54) is 49.7 Å². The molecule has 1 radical (unpaired) electrons. The molecule has 0 fully saturated rings. The molecular formula is C18H25. The molecule has 0 heterocycles. The molecule has 0 bridgehead atoms. The molecule has 2 rings (SSSR count).